The van der Waals surface area contributed by atoms with Gasteiger partial charge in [0.1, 0.15) is 4.60 Å². The predicted molar refractivity (Wildman–Crippen MR) is 36.7 cm³/mol. The molecule has 0 bridgehead atoms. The molecule has 1 rings (SSSR count). The third-order valence-electron chi connectivity index (χ3n) is 0.824. The summed E-state index contributed by atoms with van der Waals surface area (Å²) in [6.45, 7) is 0. The van der Waals surface area contributed by atoms with Crippen molar-refractivity contribution in [2.75, 3.05) is 0 Å². The number of halogens is 1. The summed E-state index contributed by atoms with van der Waals surface area (Å²) in [6, 6.07) is 0. The lowest BCUT2D eigenvalue weighted by molar-refractivity contribution is 0.0689. The second kappa shape index (κ2) is 2.74. The van der Waals surface area contributed by atoms with E-state index in [0.29, 0.717) is 4.60 Å². The van der Waals surface area contributed by atoms with Crippen molar-refractivity contribution in [3.05, 3.63) is 22.7 Å². The molecule has 0 amide bonds. The quantitative estimate of drug-likeness (QED) is 0.737. The largest absolute Gasteiger partial charge is 0.476 e. The Labute approximate surface area is 65.1 Å². The summed E-state index contributed by atoms with van der Waals surface area (Å²) in [4.78, 5) is 17.5. The van der Waals surface area contributed by atoms with Gasteiger partial charge in [-0.25, -0.2) is 9.78 Å². The molecule has 0 aliphatic rings. The maximum atomic E-state index is 10.2. The van der Waals surface area contributed by atoms with Gasteiger partial charge in [0.2, 0.25) is 0 Å². The molecule has 52 valence electrons. The third-order valence-corrected chi connectivity index (χ3v) is 1.21. The Balaban J connectivity index is 3.07. The van der Waals surface area contributed by atoms with Crippen LogP contribution in [0.1, 0.15) is 10.5 Å². The molecular formula is C5H3BrN2O2. The summed E-state index contributed by atoms with van der Waals surface area (Å²) in [5.41, 5.74) is -0.0608. The number of aromatic nitrogens is 2. The van der Waals surface area contributed by atoms with Crippen LogP contribution < -0.4 is 0 Å². The van der Waals surface area contributed by atoms with E-state index in [2.05, 4.69) is 25.9 Å². The molecule has 0 aliphatic carbocycles. The monoisotopic (exact) mass is 202 g/mol. The fourth-order valence-electron chi connectivity index (χ4n) is 0.445. The lowest BCUT2D eigenvalue weighted by Crippen LogP contribution is -2.00. The van der Waals surface area contributed by atoms with Crippen LogP contribution in [0.25, 0.3) is 0 Å². The van der Waals surface area contributed by atoms with Crippen LogP contribution in [-0.2, 0) is 0 Å². The molecule has 10 heavy (non-hydrogen) atoms. The highest BCUT2D eigenvalue weighted by Crippen LogP contribution is 2.02. The van der Waals surface area contributed by atoms with Crippen LogP contribution in [0.5, 0.6) is 0 Å². The first-order valence-corrected chi connectivity index (χ1v) is 3.20. The maximum absolute atomic E-state index is 10.2. The molecule has 5 heteroatoms. The zero-order valence-corrected chi connectivity index (χ0v) is 6.37. The molecule has 0 spiro atoms. The van der Waals surface area contributed by atoms with Gasteiger partial charge in [0, 0.05) is 0 Å². The molecule has 0 aromatic carbocycles. The highest BCUT2D eigenvalue weighted by Gasteiger charge is 2.03. The summed E-state index contributed by atoms with van der Waals surface area (Å²) < 4.78 is 0.424. The smallest absolute Gasteiger partial charge is 0.356 e. The molecule has 0 unspecified atom stereocenters. The predicted octanol–water partition coefficient (Wildman–Crippen LogP) is 0.937. The topological polar surface area (TPSA) is 63.1 Å². The first kappa shape index (κ1) is 7.14. The molecule has 4 nitrogen and oxygen atoms in total. The number of aromatic carboxylic acids is 1. The van der Waals surface area contributed by atoms with E-state index in [0.717, 1.165) is 0 Å². The number of hydrogen-bond donors (Lipinski definition) is 1. The summed E-state index contributed by atoms with van der Waals surface area (Å²) in [5, 5.41) is 8.39. The van der Waals surface area contributed by atoms with Crippen LogP contribution in [-0.4, -0.2) is 21.0 Å². The Morgan fingerprint density at radius 2 is 2.30 bits per heavy atom. The van der Waals surface area contributed by atoms with Gasteiger partial charge in [0.05, 0.1) is 12.4 Å². The number of rotatable bonds is 1. The highest BCUT2D eigenvalue weighted by atomic mass is 79.9. The molecule has 1 aromatic rings. The van der Waals surface area contributed by atoms with Crippen molar-refractivity contribution in [2.24, 2.45) is 0 Å². The minimum absolute atomic E-state index is 0.0608. The van der Waals surface area contributed by atoms with E-state index in [1.165, 1.54) is 12.4 Å². The van der Waals surface area contributed by atoms with Crippen molar-refractivity contribution in [3.63, 3.8) is 0 Å². The second-order valence-electron chi connectivity index (χ2n) is 1.53. The van der Waals surface area contributed by atoms with Gasteiger partial charge in [0.15, 0.2) is 5.69 Å². The Morgan fingerprint density at radius 1 is 1.60 bits per heavy atom. The van der Waals surface area contributed by atoms with Crippen molar-refractivity contribution in [1.82, 2.24) is 9.97 Å². The normalized spacial score (nSPS) is 9.30. The number of nitrogens with zero attached hydrogens (tertiary/aromatic N) is 2. The van der Waals surface area contributed by atoms with Crippen LogP contribution in [0.4, 0.5) is 0 Å². The Morgan fingerprint density at radius 3 is 2.70 bits per heavy atom. The molecule has 0 saturated heterocycles. The number of carbonyl (C=O) groups is 1. The molecule has 0 fully saturated rings. The van der Waals surface area contributed by atoms with Gasteiger partial charge >= 0.3 is 5.97 Å². The van der Waals surface area contributed by atoms with Crippen molar-refractivity contribution in [2.45, 2.75) is 0 Å². The van der Waals surface area contributed by atoms with E-state index in [1.807, 2.05) is 0 Å². The average Bonchev–Trinajstić information content (AvgIpc) is 1.88. The van der Waals surface area contributed by atoms with Crippen LogP contribution in [0.15, 0.2) is 17.0 Å². The van der Waals surface area contributed by atoms with Crippen molar-refractivity contribution < 1.29 is 9.90 Å². The van der Waals surface area contributed by atoms with E-state index >= 15 is 0 Å². The number of hydrogen-bond acceptors (Lipinski definition) is 3. The van der Waals surface area contributed by atoms with Crippen molar-refractivity contribution in [3.8, 4) is 0 Å². The number of carboxylic acids is 1. The molecule has 0 aliphatic heterocycles. The first-order valence-electron chi connectivity index (χ1n) is 2.41. The summed E-state index contributed by atoms with van der Waals surface area (Å²) in [6.07, 6.45) is 2.61. The summed E-state index contributed by atoms with van der Waals surface area (Å²) in [5.74, 6) is -1.08. The zero-order chi connectivity index (χ0) is 7.56. The summed E-state index contributed by atoms with van der Waals surface area (Å²) >= 11 is 2.99. The fraction of sp³-hybridized carbons (Fsp3) is 0. The van der Waals surface area contributed by atoms with E-state index in [1.54, 1.807) is 0 Å². The molecule has 1 aromatic heterocycles. The molecule has 1 N–H and O–H groups in total. The standard InChI is InChI=1S/C5H3BrN2O2/c6-4-2-7-1-3(8-4)5(9)10/h1-2H,(H,9,10). The van der Waals surface area contributed by atoms with Crippen LogP contribution in [0, 0.1) is 0 Å². The average molecular weight is 203 g/mol. The molecular weight excluding hydrogens is 200 g/mol. The minimum atomic E-state index is -1.08. The minimum Gasteiger partial charge on any atom is -0.476 e. The van der Waals surface area contributed by atoms with Crippen LogP contribution >= 0.6 is 15.9 Å². The van der Waals surface area contributed by atoms with Gasteiger partial charge in [-0.3, -0.25) is 4.98 Å². The molecule has 1 heterocycles. The Bertz CT molecular complexity index is 264. The van der Waals surface area contributed by atoms with E-state index in [4.69, 9.17) is 5.11 Å². The van der Waals surface area contributed by atoms with Crippen molar-refractivity contribution in [1.29, 1.82) is 0 Å². The Kier molecular flexibility index (Phi) is 1.96. The van der Waals surface area contributed by atoms with Gasteiger partial charge in [-0.15, -0.1) is 0 Å². The molecule has 0 saturated carbocycles. The lowest BCUT2D eigenvalue weighted by Gasteiger charge is -1.90. The van der Waals surface area contributed by atoms with Gasteiger partial charge in [0.25, 0.3) is 0 Å². The fourth-order valence-corrected chi connectivity index (χ4v) is 0.754. The second-order valence-corrected chi connectivity index (χ2v) is 2.34. The van der Waals surface area contributed by atoms with Crippen LogP contribution in [0.2, 0.25) is 0 Å². The van der Waals surface area contributed by atoms with Gasteiger partial charge < -0.3 is 5.11 Å². The highest BCUT2D eigenvalue weighted by molar-refractivity contribution is 9.10. The summed E-state index contributed by atoms with van der Waals surface area (Å²) in [7, 11) is 0. The van der Waals surface area contributed by atoms with Gasteiger partial charge in [-0.05, 0) is 15.9 Å². The van der Waals surface area contributed by atoms with Crippen LogP contribution in [0.3, 0.4) is 0 Å². The first-order chi connectivity index (χ1) is 4.70. The van der Waals surface area contributed by atoms with Gasteiger partial charge in [-0.1, -0.05) is 0 Å². The van der Waals surface area contributed by atoms with E-state index in [-0.39, 0.29) is 5.69 Å². The van der Waals surface area contributed by atoms with Gasteiger partial charge in [-0.2, -0.15) is 0 Å². The molecule has 0 atom stereocenters. The van der Waals surface area contributed by atoms with E-state index < -0.39 is 5.97 Å². The van der Waals surface area contributed by atoms with E-state index in [9.17, 15) is 4.79 Å². The third kappa shape index (κ3) is 1.51. The van der Waals surface area contributed by atoms with Crippen molar-refractivity contribution >= 4 is 21.9 Å². The maximum Gasteiger partial charge on any atom is 0.356 e. The number of carboxylic acid groups (broad SMARTS) is 1. The zero-order valence-electron chi connectivity index (χ0n) is 4.78. The Hall–Kier alpha value is -0.970. The lowest BCUT2D eigenvalue weighted by atomic mass is 10.5. The molecule has 0 radical (unpaired) electrons. The SMILES string of the molecule is O=C(O)c1cncc(Br)n1.